The summed E-state index contributed by atoms with van der Waals surface area (Å²) in [4.78, 5) is 5.22. The van der Waals surface area contributed by atoms with E-state index in [1.54, 1.807) is 30.5 Å². The van der Waals surface area contributed by atoms with Crippen LogP contribution >= 0.6 is 35.0 Å². The number of halogens is 2. The van der Waals surface area contributed by atoms with Gasteiger partial charge in [0.2, 0.25) is 0 Å². The fourth-order valence-corrected chi connectivity index (χ4v) is 3.68. The molecule has 0 bridgehead atoms. The van der Waals surface area contributed by atoms with Gasteiger partial charge in [-0.05, 0) is 29.8 Å². The predicted octanol–water partition coefficient (Wildman–Crippen LogP) is 5.12. The molecule has 3 rings (SSSR count). The van der Waals surface area contributed by atoms with Gasteiger partial charge in [-0.15, -0.1) is 0 Å². The maximum absolute atomic E-state index is 6.30. The van der Waals surface area contributed by atoms with Crippen molar-refractivity contribution in [1.29, 1.82) is 0 Å². The number of benzene rings is 2. The van der Waals surface area contributed by atoms with Crippen LogP contribution in [0.4, 0.5) is 0 Å². The van der Waals surface area contributed by atoms with E-state index in [0.29, 0.717) is 10.0 Å². The van der Waals surface area contributed by atoms with Crippen molar-refractivity contribution < 1.29 is 0 Å². The van der Waals surface area contributed by atoms with E-state index in [1.165, 1.54) is 4.90 Å². The fourth-order valence-electron chi connectivity index (χ4n) is 2.09. The van der Waals surface area contributed by atoms with Gasteiger partial charge >= 0.3 is 0 Å². The van der Waals surface area contributed by atoms with Crippen LogP contribution in [0.1, 0.15) is 10.9 Å². The molecule has 1 heterocycles. The maximum atomic E-state index is 6.30. The first-order chi connectivity index (χ1) is 10.7. The average molecular weight is 350 g/mol. The topological polar surface area (TPSA) is 30.7 Å². The summed E-state index contributed by atoms with van der Waals surface area (Å²) in [5, 5.41) is 5.66. The molecule has 0 fully saturated rings. The van der Waals surface area contributed by atoms with E-state index in [4.69, 9.17) is 23.2 Å². The molecule has 1 aromatic heterocycles. The quantitative estimate of drug-likeness (QED) is 0.599. The molecule has 112 valence electrons. The van der Waals surface area contributed by atoms with Crippen molar-refractivity contribution in [2.45, 2.75) is 16.7 Å². The molecule has 1 atom stereocenters. The molecule has 3 aromatic rings. The summed E-state index contributed by atoms with van der Waals surface area (Å²) in [5.74, 6) is 0. The van der Waals surface area contributed by atoms with Crippen LogP contribution < -0.4 is 0 Å². The Bertz CT molecular complexity index is 732. The van der Waals surface area contributed by atoms with Gasteiger partial charge < -0.3 is 0 Å². The van der Waals surface area contributed by atoms with Gasteiger partial charge in [-0.2, -0.15) is 5.10 Å². The molecule has 0 saturated carbocycles. The lowest BCUT2D eigenvalue weighted by Crippen LogP contribution is -2.09. The van der Waals surface area contributed by atoms with E-state index < -0.39 is 0 Å². The van der Waals surface area contributed by atoms with Crippen molar-refractivity contribution in [3.05, 3.63) is 76.8 Å². The van der Waals surface area contributed by atoms with Crippen LogP contribution in [0, 0.1) is 0 Å². The van der Waals surface area contributed by atoms with Gasteiger partial charge in [-0.3, -0.25) is 0 Å². The van der Waals surface area contributed by atoms with E-state index in [0.717, 1.165) is 12.0 Å². The SMILES string of the molecule is Clc1ccc(CC(Sc2ccccc2)n2cncn2)c(Cl)c1. The molecule has 0 saturated heterocycles. The van der Waals surface area contributed by atoms with Crippen molar-refractivity contribution >= 4 is 35.0 Å². The average Bonchev–Trinajstić information content (AvgIpc) is 3.04. The minimum atomic E-state index is 0.0728. The monoisotopic (exact) mass is 349 g/mol. The lowest BCUT2D eigenvalue weighted by atomic mass is 10.1. The summed E-state index contributed by atoms with van der Waals surface area (Å²) in [5.41, 5.74) is 1.04. The van der Waals surface area contributed by atoms with Gasteiger partial charge in [0.1, 0.15) is 18.0 Å². The molecule has 0 amide bonds. The van der Waals surface area contributed by atoms with E-state index >= 15 is 0 Å². The third-order valence-electron chi connectivity index (χ3n) is 3.16. The Morgan fingerprint density at radius 3 is 2.59 bits per heavy atom. The lowest BCUT2D eigenvalue weighted by molar-refractivity contribution is 0.595. The standard InChI is InChI=1S/C16H13Cl2N3S/c17-13-7-6-12(15(18)9-13)8-16(21-11-19-10-20-21)22-14-4-2-1-3-5-14/h1-7,9-11,16H,8H2. The van der Waals surface area contributed by atoms with Crippen LogP contribution in [0.5, 0.6) is 0 Å². The molecule has 2 aromatic carbocycles. The number of hydrogen-bond donors (Lipinski definition) is 0. The summed E-state index contributed by atoms with van der Waals surface area (Å²) in [6, 6.07) is 15.8. The van der Waals surface area contributed by atoms with Gasteiger partial charge in [-0.1, -0.05) is 59.2 Å². The minimum Gasteiger partial charge on any atom is -0.239 e. The van der Waals surface area contributed by atoms with Crippen LogP contribution in [0.2, 0.25) is 10.0 Å². The smallest absolute Gasteiger partial charge is 0.137 e. The molecular formula is C16H13Cl2N3S. The Labute approximate surface area is 143 Å². The maximum Gasteiger partial charge on any atom is 0.137 e. The first kappa shape index (κ1) is 15.4. The second kappa shape index (κ2) is 7.18. The summed E-state index contributed by atoms with van der Waals surface area (Å²) in [6.45, 7) is 0. The highest BCUT2D eigenvalue weighted by atomic mass is 35.5. The first-order valence-electron chi connectivity index (χ1n) is 6.72. The van der Waals surface area contributed by atoms with Crippen molar-refractivity contribution in [1.82, 2.24) is 14.8 Å². The van der Waals surface area contributed by atoms with Crippen LogP contribution in [0.15, 0.2) is 66.1 Å². The van der Waals surface area contributed by atoms with Gasteiger partial charge in [-0.25, -0.2) is 9.67 Å². The molecular weight excluding hydrogens is 337 g/mol. The van der Waals surface area contributed by atoms with Crippen LogP contribution in [-0.4, -0.2) is 14.8 Å². The molecule has 0 spiro atoms. The number of thioether (sulfide) groups is 1. The molecule has 0 aliphatic rings. The largest absolute Gasteiger partial charge is 0.239 e. The summed E-state index contributed by atoms with van der Waals surface area (Å²) in [7, 11) is 0. The number of rotatable bonds is 5. The van der Waals surface area contributed by atoms with Crippen LogP contribution in [0.3, 0.4) is 0 Å². The molecule has 0 aliphatic heterocycles. The molecule has 0 aliphatic carbocycles. The highest BCUT2D eigenvalue weighted by molar-refractivity contribution is 7.99. The highest BCUT2D eigenvalue weighted by Crippen LogP contribution is 2.35. The van der Waals surface area contributed by atoms with E-state index in [1.807, 2.05) is 35.0 Å². The van der Waals surface area contributed by atoms with Gasteiger partial charge in [0.05, 0.1) is 0 Å². The van der Waals surface area contributed by atoms with Gasteiger partial charge in [0.25, 0.3) is 0 Å². The number of aromatic nitrogens is 3. The molecule has 0 radical (unpaired) electrons. The first-order valence-corrected chi connectivity index (χ1v) is 8.35. The predicted molar refractivity (Wildman–Crippen MR) is 91.5 cm³/mol. The zero-order valence-electron chi connectivity index (χ0n) is 11.6. The Hall–Kier alpha value is -1.49. The van der Waals surface area contributed by atoms with Gasteiger partial charge in [0, 0.05) is 21.4 Å². The Kier molecular flexibility index (Phi) is 5.03. The molecule has 0 N–H and O–H groups in total. The Balaban J connectivity index is 1.86. The second-order valence-corrected chi connectivity index (χ2v) is 6.80. The third-order valence-corrected chi connectivity index (χ3v) is 4.94. The van der Waals surface area contributed by atoms with Crippen molar-refractivity contribution in [3.63, 3.8) is 0 Å². The zero-order chi connectivity index (χ0) is 15.4. The van der Waals surface area contributed by atoms with Crippen LogP contribution in [0.25, 0.3) is 0 Å². The zero-order valence-corrected chi connectivity index (χ0v) is 13.9. The Morgan fingerprint density at radius 1 is 1.09 bits per heavy atom. The van der Waals surface area contributed by atoms with E-state index in [-0.39, 0.29) is 5.37 Å². The van der Waals surface area contributed by atoms with Crippen molar-refractivity contribution in [3.8, 4) is 0 Å². The Morgan fingerprint density at radius 2 is 1.91 bits per heavy atom. The highest BCUT2D eigenvalue weighted by Gasteiger charge is 2.16. The van der Waals surface area contributed by atoms with Crippen molar-refractivity contribution in [2.24, 2.45) is 0 Å². The third kappa shape index (κ3) is 3.83. The number of nitrogens with zero attached hydrogens (tertiary/aromatic N) is 3. The summed E-state index contributed by atoms with van der Waals surface area (Å²) < 4.78 is 1.85. The molecule has 22 heavy (non-hydrogen) atoms. The van der Waals surface area contributed by atoms with E-state index in [2.05, 4.69) is 22.2 Å². The summed E-state index contributed by atoms with van der Waals surface area (Å²) >= 11 is 14.0. The lowest BCUT2D eigenvalue weighted by Gasteiger charge is -2.17. The van der Waals surface area contributed by atoms with Crippen molar-refractivity contribution in [2.75, 3.05) is 0 Å². The summed E-state index contributed by atoms with van der Waals surface area (Å²) in [6.07, 6.45) is 4.01. The van der Waals surface area contributed by atoms with Crippen LogP contribution in [-0.2, 0) is 6.42 Å². The minimum absolute atomic E-state index is 0.0728. The van der Waals surface area contributed by atoms with E-state index in [9.17, 15) is 0 Å². The molecule has 1 unspecified atom stereocenters. The number of hydrogen-bond acceptors (Lipinski definition) is 3. The second-order valence-electron chi connectivity index (χ2n) is 4.70. The molecule has 3 nitrogen and oxygen atoms in total. The normalized spacial score (nSPS) is 12.3. The molecule has 6 heteroatoms. The fraction of sp³-hybridized carbons (Fsp3) is 0.125. The van der Waals surface area contributed by atoms with Gasteiger partial charge in [0.15, 0.2) is 0 Å².